The number of carbonyl (C=O) groups excluding carboxylic acids is 1. The van der Waals surface area contributed by atoms with Crippen molar-refractivity contribution in [1.82, 2.24) is 10.6 Å². The monoisotopic (exact) mass is 266 g/mol. The molecule has 2 rings (SSSR count). The smallest absolute Gasteiger partial charge is 0.221 e. The minimum atomic E-state index is 0.0875. The average Bonchev–Trinajstić information content (AvgIpc) is 2.33. The summed E-state index contributed by atoms with van der Waals surface area (Å²) in [6.07, 6.45) is 2.76. The molecule has 1 aromatic rings. The van der Waals surface area contributed by atoms with E-state index in [-0.39, 0.29) is 5.91 Å². The molecular formula is C14H19ClN2O. The molecular weight excluding hydrogens is 248 g/mol. The second-order valence-electron chi connectivity index (χ2n) is 4.76. The first-order valence-electron chi connectivity index (χ1n) is 6.39. The van der Waals surface area contributed by atoms with E-state index in [1.165, 1.54) is 5.56 Å². The molecule has 1 fully saturated rings. The lowest BCUT2D eigenvalue weighted by atomic mass is 9.76. The zero-order valence-electron chi connectivity index (χ0n) is 10.6. The summed E-state index contributed by atoms with van der Waals surface area (Å²) in [4.78, 5) is 11.1. The molecule has 1 aliphatic carbocycles. The molecule has 1 saturated carbocycles. The molecule has 0 aliphatic heterocycles. The van der Waals surface area contributed by atoms with Gasteiger partial charge in [0, 0.05) is 31.1 Å². The zero-order valence-corrected chi connectivity index (χ0v) is 11.3. The van der Waals surface area contributed by atoms with Gasteiger partial charge in [-0.2, -0.15) is 0 Å². The summed E-state index contributed by atoms with van der Waals surface area (Å²) in [5.74, 6) is 0.653. The van der Waals surface area contributed by atoms with Gasteiger partial charge in [0.25, 0.3) is 0 Å². The predicted octanol–water partition coefficient (Wildman–Crippen LogP) is 2.31. The summed E-state index contributed by atoms with van der Waals surface area (Å²) in [6.45, 7) is 0.750. The first-order valence-corrected chi connectivity index (χ1v) is 6.77. The van der Waals surface area contributed by atoms with Crippen LogP contribution in [-0.4, -0.2) is 25.5 Å². The summed E-state index contributed by atoms with van der Waals surface area (Å²) < 4.78 is 0. The van der Waals surface area contributed by atoms with Crippen LogP contribution in [0.3, 0.4) is 0 Å². The van der Waals surface area contributed by atoms with Crippen molar-refractivity contribution in [1.29, 1.82) is 0 Å². The van der Waals surface area contributed by atoms with E-state index in [1.54, 1.807) is 7.05 Å². The number of hydrogen-bond acceptors (Lipinski definition) is 2. The lowest BCUT2D eigenvalue weighted by Gasteiger charge is -2.36. The molecule has 1 amide bonds. The SMILES string of the molecule is CNC(=O)CCNC1CC(c2ccccc2Cl)C1. The fourth-order valence-corrected chi connectivity index (χ4v) is 2.65. The number of hydrogen-bond donors (Lipinski definition) is 2. The highest BCUT2D eigenvalue weighted by atomic mass is 35.5. The van der Waals surface area contributed by atoms with Crippen LogP contribution < -0.4 is 10.6 Å². The Morgan fingerprint density at radius 1 is 1.39 bits per heavy atom. The first-order chi connectivity index (χ1) is 8.70. The average molecular weight is 267 g/mol. The molecule has 0 aromatic heterocycles. The van der Waals surface area contributed by atoms with Gasteiger partial charge in [0.15, 0.2) is 0 Å². The van der Waals surface area contributed by atoms with E-state index < -0.39 is 0 Å². The van der Waals surface area contributed by atoms with E-state index in [2.05, 4.69) is 16.7 Å². The van der Waals surface area contributed by atoms with E-state index in [4.69, 9.17) is 11.6 Å². The van der Waals surface area contributed by atoms with Crippen LogP contribution >= 0.6 is 11.6 Å². The minimum absolute atomic E-state index is 0.0875. The van der Waals surface area contributed by atoms with Gasteiger partial charge in [-0.15, -0.1) is 0 Å². The van der Waals surface area contributed by atoms with E-state index >= 15 is 0 Å². The normalized spacial score (nSPS) is 22.3. The third kappa shape index (κ3) is 3.24. The van der Waals surface area contributed by atoms with Crippen LogP contribution in [0.15, 0.2) is 24.3 Å². The summed E-state index contributed by atoms with van der Waals surface area (Å²) in [6, 6.07) is 8.57. The maximum Gasteiger partial charge on any atom is 0.221 e. The van der Waals surface area contributed by atoms with Crippen molar-refractivity contribution in [3.8, 4) is 0 Å². The van der Waals surface area contributed by atoms with E-state index in [0.717, 1.165) is 24.4 Å². The third-order valence-electron chi connectivity index (χ3n) is 3.55. The summed E-state index contributed by atoms with van der Waals surface area (Å²) in [7, 11) is 1.67. The van der Waals surface area contributed by atoms with Crippen molar-refractivity contribution in [3.63, 3.8) is 0 Å². The number of amides is 1. The molecule has 2 N–H and O–H groups in total. The van der Waals surface area contributed by atoms with Gasteiger partial charge in [0.05, 0.1) is 0 Å². The minimum Gasteiger partial charge on any atom is -0.359 e. The van der Waals surface area contributed by atoms with Crippen LogP contribution in [0.4, 0.5) is 0 Å². The lowest BCUT2D eigenvalue weighted by molar-refractivity contribution is -0.120. The quantitative estimate of drug-likeness (QED) is 0.859. The second-order valence-corrected chi connectivity index (χ2v) is 5.17. The van der Waals surface area contributed by atoms with Gasteiger partial charge in [-0.3, -0.25) is 4.79 Å². The van der Waals surface area contributed by atoms with Crippen molar-refractivity contribution < 1.29 is 4.79 Å². The lowest BCUT2D eigenvalue weighted by Crippen LogP contribution is -2.41. The largest absolute Gasteiger partial charge is 0.359 e. The van der Waals surface area contributed by atoms with Crippen LogP contribution in [0.2, 0.25) is 5.02 Å². The molecule has 0 saturated heterocycles. The Balaban J connectivity index is 1.71. The van der Waals surface area contributed by atoms with Crippen molar-refractivity contribution in [2.24, 2.45) is 0 Å². The first kappa shape index (κ1) is 13.4. The number of carbonyl (C=O) groups is 1. The van der Waals surface area contributed by atoms with Crippen molar-refractivity contribution in [2.75, 3.05) is 13.6 Å². The summed E-state index contributed by atoms with van der Waals surface area (Å²) in [5.41, 5.74) is 1.25. The topological polar surface area (TPSA) is 41.1 Å². The van der Waals surface area contributed by atoms with Gasteiger partial charge in [-0.05, 0) is 30.4 Å². The predicted molar refractivity (Wildman–Crippen MR) is 73.9 cm³/mol. The maximum atomic E-state index is 11.1. The molecule has 0 heterocycles. The fraction of sp³-hybridized carbons (Fsp3) is 0.500. The van der Waals surface area contributed by atoms with Crippen LogP contribution in [0.25, 0.3) is 0 Å². The summed E-state index contributed by atoms with van der Waals surface area (Å²) >= 11 is 6.17. The van der Waals surface area contributed by atoms with Crippen molar-refractivity contribution in [3.05, 3.63) is 34.9 Å². The van der Waals surface area contributed by atoms with E-state index in [0.29, 0.717) is 18.4 Å². The van der Waals surface area contributed by atoms with Gasteiger partial charge < -0.3 is 10.6 Å². The number of nitrogens with one attached hydrogen (secondary N) is 2. The third-order valence-corrected chi connectivity index (χ3v) is 3.89. The van der Waals surface area contributed by atoms with Crippen LogP contribution in [0, 0.1) is 0 Å². The molecule has 0 atom stereocenters. The van der Waals surface area contributed by atoms with Crippen molar-refractivity contribution in [2.45, 2.75) is 31.2 Å². The Kier molecular flexibility index (Phi) is 4.61. The van der Waals surface area contributed by atoms with Crippen LogP contribution in [0.5, 0.6) is 0 Å². The molecule has 1 aromatic carbocycles. The van der Waals surface area contributed by atoms with Crippen molar-refractivity contribution >= 4 is 17.5 Å². The molecule has 4 heteroatoms. The number of benzene rings is 1. The molecule has 0 radical (unpaired) electrons. The van der Waals surface area contributed by atoms with E-state index in [1.807, 2.05) is 18.2 Å². The fourth-order valence-electron chi connectivity index (χ4n) is 2.36. The van der Waals surface area contributed by atoms with Crippen LogP contribution in [-0.2, 0) is 4.79 Å². The van der Waals surface area contributed by atoms with Gasteiger partial charge in [0.2, 0.25) is 5.91 Å². The Morgan fingerprint density at radius 3 is 2.78 bits per heavy atom. The molecule has 18 heavy (non-hydrogen) atoms. The van der Waals surface area contributed by atoms with E-state index in [9.17, 15) is 4.79 Å². The van der Waals surface area contributed by atoms with Gasteiger partial charge >= 0.3 is 0 Å². The highest BCUT2D eigenvalue weighted by Crippen LogP contribution is 2.39. The number of halogens is 1. The highest BCUT2D eigenvalue weighted by molar-refractivity contribution is 6.31. The zero-order chi connectivity index (χ0) is 13.0. The van der Waals surface area contributed by atoms with Gasteiger partial charge in [-0.1, -0.05) is 29.8 Å². The summed E-state index contributed by atoms with van der Waals surface area (Å²) in [5, 5.41) is 6.89. The molecule has 1 aliphatic rings. The Labute approximate surface area is 113 Å². The Bertz CT molecular complexity index is 416. The molecule has 98 valence electrons. The molecule has 3 nitrogen and oxygen atoms in total. The Hall–Kier alpha value is -1.06. The van der Waals surface area contributed by atoms with Gasteiger partial charge in [0.1, 0.15) is 0 Å². The second kappa shape index (κ2) is 6.21. The molecule has 0 unspecified atom stereocenters. The van der Waals surface area contributed by atoms with Gasteiger partial charge in [-0.25, -0.2) is 0 Å². The molecule has 0 spiro atoms. The standard InChI is InChI=1S/C14H19ClN2O/c1-16-14(18)6-7-17-11-8-10(9-11)12-4-2-3-5-13(12)15/h2-5,10-11,17H,6-9H2,1H3,(H,16,18). The highest BCUT2D eigenvalue weighted by Gasteiger charge is 2.30. The number of rotatable bonds is 5. The maximum absolute atomic E-state index is 11.1. The Morgan fingerprint density at radius 2 is 2.11 bits per heavy atom. The molecule has 0 bridgehead atoms. The van der Waals surface area contributed by atoms with Crippen LogP contribution in [0.1, 0.15) is 30.7 Å².